The highest BCUT2D eigenvalue weighted by molar-refractivity contribution is 6.34. The van der Waals surface area contributed by atoms with E-state index in [0.717, 1.165) is 33.9 Å². The highest BCUT2D eigenvalue weighted by Crippen LogP contribution is 2.64. The second-order valence-corrected chi connectivity index (χ2v) is 11.6. The molecule has 7 heteroatoms. The summed E-state index contributed by atoms with van der Waals surface area (Å²) in [5, 5.41) is 24.5. The highest BCUT2D eigenvalue weighted by atomic mass is 35.5. The lowest BCUT2D eigenvalue weighted by atomic mass is 9.56. The lowest BCUT2D eigenvalue weighted by molar-refractivity contribution is -0.113. The number of benzene rings is 1. The first kappa shape index (κ1) is 24.2. The summed E-state index contributed by atoms with van der Waals surface area (Å²) in [5.41, 5.74) is -0.478. The number of pyridine rings is 1. The van der Waals surface area contributed by atoms with Crippen molar-refractivity contribution in [3.8, 4) is 0 Å². The Morgan fingerprint density at radius 2 is 1.94 bits per heavy atom. The quantitative estimate of drug-likeness (QED) is 0.396. The van der Waals surface area contributed by atoms with Gasteiger partial charge in [-0.1, -0.05) is 48.4 Å². The molecule has 2 N–H and O–H groups in total. The van der Waals surface area contributed by atoms with E-state index in [1.165, 1.54) is 0 Å². The number of allylic oxidation sites excluding steroid dienone is 3. The molecule has 1 aromatic heterocycles. The smallest absolute Gasteiger partial charge is 0.393 e. The summed E-state index contributed by atoms with van der Waals surface area (Å²) >= 11 is 6.24. The van der Waals surface area contributed by atoms with Gasteiger partial charge in [-0.2, -0.15) is 13.2 Å². The number of hydrogen-bond acceptors (Lipinski definition) is 3. The average molecular weight is 516 g/mol. The zero-order valence-electron chi connectivity index (χ0n) is 20.1. The van der Waals surface area contributed by atoms with Gasteiger partial charge in [-0.15, -0.1) is 0 Å². The van der Waals surface area contributed by atoms with Crippen LogP contribution in [-0.4, -0.2) is 33.1 Å². The first-order valence-electron chi connectivity index (χ1n) is 12.7. The highest BCUT2D eigenvalue weighted by Gasteiger charge is 2.60. The Kier molecular flexibility index (Phi) is 5.50. The second kappa shape index (κ2) is 8.17. The third-order valence-corrected chi connectivity index (χ3v) is 9.57. The molecule has 6 rings (SSSR count). The van der Waals surface area contributed by atoms with E-state index in [-0.39, 0.29) is 23.8 Å². The molecule has 0 amide bonds. The van der Waals surface area contributed by atoms with Crippen LogP contribution in [0.15, 0.2) is 59.3 Å². The van der Waals surface area contributed by atoms with Crippen LogP contribution in [0.5, 0.6) is 0 Å². The Bertz CT molecular complexity index is 1350. The molecule has 1 aromatic carbocycles. The molecule has 0 aliphatic heterocycles. The largest absolute Gasteiger partial charge is 0.413 e. The van der Waals surface area contributed by atoms with Gasteiger partial charge in [0.25, 0.3) is 0 Å². The molecule has 2 aromatic rings. The van der Waals surface area contributed by atoms with Crippen molar-refractivity contribution < 1.29 is 23.4 Å². The van der Waals surface area contributed by atoms with Crippen LogP contribution in [0.4, 0.5) is 13.2 Å². The topological polar surface area (TPSA) is 53.4 Å². The van der Waals surface area contributed by atoms with Crippen molar-refractivity contribution >= 4 is 27.9 Å². The minimum atomic E-state index is -4.56. The second-order valence-electron chi connectivity index (χ2n) is 11.2. The molecule has 1 saturated carbocycles. The fourth-order valence-corrected chi connectivity index (χ4v) is 7.73. The van der Waals surface area contributed by atoms with Crippen LogP contribution in [0, 0.1) is 17.3 Å². The first-order chi connectivity index (χ1) is 17.0. The fraction of sp³-hybridized carbons (Fsp3) is 0.483. The molecule has 190 valence electrons. The number of aliphatic hydroxyl groups excluding tert-OH is 1. The van der Waals surface area contributed by atoms with E-state index in [9.17, 15) is 23.4 Å². The first-order valence-corrected chi connectivity index (χ1v) is 13.1. The van der Waals surface area contributed by atoms with Gasteiger partial charge in [-0.25, -0.2) is 4.98 Å². The molecule has 1 fully saturated rings. The van der Waals surface area contributed by atoms with Crippen molar-refractivity contribution in [1.29, 1.82) is 0 Å². The SMILES string of the molecule is CC12CC(C(F)(F)F)=C3C=C4CC(O)CCC4CC[C@]3(O)C1CC=C2c1ccc2c(Cl)nccc2c1. The predicted octanol–water partition coefficient (Wildman–Crippen LogP) is 7.17. The molecule has 4 aliphatic rings. The van der Waals surface area contributed by atoms with Crippen LogP contribution in [0.1, 0.15) is 57.4 Å². The molecule has 0 spiro atoms. The third-order valence-electron chi connectivity index (χ3n) is 9.27. The number of aliphatic hydroxyl groups is 2. The fourth-order valence-electron chi connectivity index (χ4n) is 7.50. The maximum absolute atomic E-state index is 14.6. The Balaban J connectivity index is 1.48. The molecule has 0 bridgehead atoms. The molecule has 4 aliphatic carbocycles. The Morgan fingerprint density at radius 1 is 1.14 bits per heavy atom. The lowest BCUT2D eigenvalue weighted by Crippen LogP contribution is -2.51. The van der Waals surface area contributed by atoms with Gasteiger partial charge in [0, 0.05) is 28.5 Å². The van der Waals surface area contributed by atoms with Gasteiger partial charge >= 0.3 is 6.18 Å². The normalized spacial score (nSPS) is 34.5. The van der Waals surface area contributed by atoms with Crippen LogP contribution in [-0.2, 0) is 0 Å². The van der Waals surface area contributed by atoms with E-state index in [4.69, 9.17) is 11.6 Å². The summed E-state index contributed by atoms with van der Waals surface area (Å²) in [5.74, 6) is -0.247. The van der Waals surface area contributed by atoms with Crippen molar-refractivity contribution in [3.05, 3.63) is 70.1 Å². The summed E-state index contributed by atoms with van der Waals surface area (Å²) in [6, 6.07) is 7.58. The maximum Gasteiger partial charge on any atom is 0.413 e. The van der Waals surface area contributed by atoms with Crippen molar-refractivity contribution in [2.75, 3.05) is 0 Å². The molecule has 0 saturated heterocycles. The predicted molar refractivity (Wildman–Crippen MR) is 134 cm³/mol. The van der Waals surface area contributed by atoms with Crippen LogP contribution in [0.3, 0.4) is 0 Å². The van der Waals surface area contributed by atoms with Gasteiger partial charge in [0.2, 0.25) is 0 Å². The van der Waals surface area contributed by atoms with E-state index in [0.29, 0.717) is 37.3 Å². The standard InChI is InChI=1S/C29H29ClF3NO2/c1-27-15-24(29(31,32)33)23-14-19-13-20(35)4-2-16(19)8-10-28(23,36)25(27)7-6-22(27)18-3-5-21-17(12-18)9-11-34-26(21)30/h3,5-6,9,11-12,14,16,20,25,35-36H,2,4,7-8,10,13,15H2,1H3/t16?,20?,25?,27?,28-/m1/s1. The zero-order valence-corrected chi connectivity index (χ0v) is 20.8. The van der Waals surface area contributed by atoms with Crippen molar-refractivity contribution in [1.82, 2.24) is 4.98 Å². The summed E-state index contributed by atoms with van der Waals surface area (Å²) in [6.07, 6.45) is 3.22. The van der Waals surface area contributed by atoms with E-state index in [2.05, 4.69) is 4.98 Å². The van der Waals surface area contributed by atoms with Crippen LogP contribution < -0.4 is 0 Å². The molecular weight excluding hydrogens is 487 g/mol. The number of aromatic nitrogens is 1. The van der Waals surface area contributed by atoms with Gasteiger partial charge < -0.3 is 10.2 Å². The summed E-state index contributed by atoms with van der Waals surface area (Å²) < 4.78 is 43.9. The van der Waals surface area contributed by atoms with Gasteiger partial charge in [0.05, 0.1) is 11.7 Å². The Labute approximate surface area is 213 Å². The van der Waals surface area contributed by atoms with Gasteiger partial charge in [-0.05, 0) is 85.1 Å². The number of halogens is 4. The van der Waals surface area contributed by atoms with E-state index < -0.39 is 28.9 Å². The molecule has 5 atom stereocenters. The summed E-state index contributed by atoms with van der Waals surface area (Å²) in [7, 11) is 0. The van der Waals surface area contributed by atoms with Crippen molar-refractivity contribution in [2.24, 2.45) is 17.3 Å². The minimum Gasteiger partial charge on any atom is -0.393 e. The monoisotopic (exact) mass is 515 g/mol. The third kappa shape index (κ3) is 3.59. The van der Waals surface area contributed by atoms with E-state index in [1.54, 1.807) is 12.3 Å². The van der Waals surface area contributed by atoms with Crippen molar-refractivity contribution in [2.45, 2.75) is 69.8 Å². The number of alkyl halides is 3. The number of rotatable bonds is 1. The molecule has 0 radical (unpaired) electrons. The van der Waals surface area contributed by atoms with Gasteiger partial charge in [-0.3, -0.25) is 0 Å². The zero-order chi connectivity index (χ0) is 25.5. The molecular formula is C29H29ClF3NO2. The van der Waals surface area contributed by atoms with E-state index in [1.807, 2.05) is 37.3 Å². The molecule has 1 heterocycles. The Hall–Kier alpha value is -2.15. The number of hydrogen-bond donors (Lipinski definition) is 2. The number of nitrogens with zero attached hydrogens (tertiary/aromatic N) is 1. The summed E-state index contributed by atoms with van der Waals surface area (Å²) in [6.45, 7) is 1.88. The molecule has 36 heavy (non-hydrogen) atoms. The molecule has 3 nitrogen and oxygen atoms in total. The summed E-state index contributed by atoms with van der Waals surface area (Å²) in [4.78, 5) is 4.11. The van der Waals surface area contributed by atoms with E-state index >= 15 is 0 Å². The maximum atomic E-state index is 14.6. The van der Waals surface area contributed by atoms with Crippen LogP contribution in [0.2, 0.25) is 5.15 Å². The van der Waals surface area contributed by atoms with Crippen molar-refractivity contribution in [3.63, 3.8) is 0 Å². The molecule has 4 unspecified atom stereocenters. The minimum absolute atomic E-state index is 0.0371. The lowest BCUT2D eigenvalue weighted by Gasteiger charge is -2.50. The Morgan fingerprint density at radius 3 is 2.72 bits per heavy atom. The average Bonchev–Trinajstić information content (AvgIpc) is 3.10. The van der Waals surface area contributed by atoms with Crippen LogP contribution in [0.25, 0.3) is 16.3 Å². The van der Waals surface area contributed by atoms with Gasteiger partial charge in [0.15, 0.2) is 0 Å². The van der Waals surface area contributed by atoms with Gasteiger partial charge in [0.1, 0.15) is 5.15 Å². The van der Waals surface area contributed by atoms with Crippen LogP contribution >= 0.6 is 11.6 Å². The number of fused-ring (bicyclic) bond motifs is 5.